The summed E-state index contributed by atoms with van der Waals surface area (Å²) in [5.74, 6) is -0.905. The van der Waals surface area contributed by atoms with Gasteiger partial charge in [0.15, 0.2) is 6.10 Å². The molecule has 0 radical (unpaired) electrons. The van der Waals surface area contributed by atoms with Gasteiger partial charge < -0.3 is 27.9 Å². The van der Waals surface area contributed by atoms with Gasteiger partial charge >= 0.3 is 11.9 Å². The second-order valence-corrected chi connectivity index (χ2v) is 18.1. The molecule has 0 aliphatic carbocycles. The predicted octanol–water partition coefficient (Wildman–Crippen LogP) is 13.8. The van der Waals surface area contributed by atoms with Gasteiger partial charge in [-0.2, -0.15) is 0 Å². The Morgan fingerprint density at radius 3 is 1.23 bits per heavy atom. The number of hydrogen-bond acceptors (Lipinski definition) is 8. The quantitative estimate of drug-likeness (QED) is 0.0196. The van der Waals surface area contributed by atoms with E-state index in [0.29, 0.717) is 23.9 Å². The molecule has 0 bridgehead atoms. The lowest BCUT2D eigenvalue weighted by Crippen LogP contribution is -2.37. The number of esters is 2. The second kappa shape index (κ2) is 44.6. The molecule has 0 saturated carbocycles. The molecule has 0 fully saturated rings. The molecule has 0 spiro atoms. The van der Waals surface area contributed by atoms with Crippen molar-refractivity contribution in [3.63, 3.8) is 0 Å². The molecule has 0 saturated heterocycles. The zero-order valence-electron chi connectivity index (χ0n) is 40.7. The van der Waals surface area contributed by atoms with Crippen molar-refractivity contribution in [3.8, 4) is 0 Å². The van der Waals surface area contributed by atoms with E-state index in [1.165, 1.54) is 0 Å². The first kappa shape index (κ1) is 60.4. The fourth-order valence-electron chi connectivity index (χ4n) is 5.76. The van der Waals surface area contributed by atoms with Crippen LogP contribution in [0, 0.1) is 0 Å². The minimum Gasteiger partial charge on any atom is -0.756 e. The largest absolute Gasteiger partial charge is 0.756 e. The van der Waals surface area contributed by atoms with E-state index in [9.17, 15) is 19.0 Å². The molecule has 2 atom stereocenters. The van der Waals surface area contributed by atoms with Crippen LogP contribution in [0.3, 0.4) is 0 Å². The third kappa shape index (κ3) is 47.9. The van der Waals surface area contributed by atoms with Gasteiger partial charge in [-0.1, -0.05) is 161 Å². The number of ether oxygens (including phenoxy) is 2. The summed E-state index contributed by atoms with van der Waals surface area (Å²) >= 11 is 0. The number of carbonyl (C=O) groups is 2. The lowest BCUT2D eigenvalue weighted by Gasteiger charge is -2.28. The van der Waals surface area contributed by atoms with Gasteiger partial charge in [-0.25, -0.2) is 0 Å². The van der Waals surface area contributed by atoms with Crippen LogP contribution in [0.25, 0.3) is 0 Å². The minimum absolute atomic E-state index is 0.0484. The van der Waals surface area contributed by atoms with Crippen LogP contribution in [0.4, 0.5) is 0 Å². The Hall–Kier alpha value is -3.59. The van der Waals surface area contributed by atoms with E-state index in [1.807, 2.05) is 21.1 Å². The van der Waals surface area contributed by atoms with Gasteiger partial charge in [0.2, 0.25) is 0 Å². The SMILES string of the molecule is CC/C=C\C/C=C\C/C=C\C/C=C\C/C=C\C/C=C\CCCCCCC(=O)OC(COC(=O)CCCCCC/C=C\C/C=C\C/C=C\C/C=C\CC)COP(=O)([O-])OCC[N+](C)(C)C. The van der Waals surface area contributed by atoms with Gasteiger partial charge in [0, 0.05) is 12.8 Å². The molecule has 0 amide bonds. The molecule has 9 nitrogen and oxygen atoms in total. The van der Waals surface area contributed by atoms with Gasteiger partial charge in [-0.05, 0) is 103 Å². The number of allylic oxidation sites excluding steroid dienone is 20. The summed E-state index contributed by atoms with van der Waals surface area (Å²) in [6, 6.07) is 0. The first-order valence-corrected chi connectivity index (χ1v) is 25.7. The Balaban J connectivity index is 4.43. The maximum Gasteiger partial charge on any atom is 0.306 e. The Labute approximate surface area is 390 Å². The Morgan fingerprint density at radius 2 is 0.844 bits per heavy atom. The first-order chi connectivity index (χ1) is 31.0. The van der Waals surface area contributed by atoms with Crippen LogP contribution in [-0.4, -0.2) is 70.0 Å². The average molecular weight is 910 g/mol. The van der Waals surface area contributed by atoms with Gasteiger partial charge in [-0.3, -0.25) is 14.2 Å². The normalized spacial score (nSPS) is 14.5. The Bertz CT molecular complexity index is 1490. The van der Waals surface area contributed by atoms with Gasteiger partial charge in [0.1, 0.15) is 19.8 Å². The smallest absolute Gasteiger partial charge is 0.306 e. The van der Waals surface area contributed by atoms with Crippen LogP contribution in [-0.2, 0) is 32.7 Å². The summed E-state index contributed by atoms with van der Waals surface area (Å²) in [5.41, 5.74) is 0. The zero-order chi connectivity index (χ0) is 47.1. The molecule has 362 valence electrons. The Morgan fingerprint density at radius 1 is 0.484 bits per heavy atom. The molecular formula is C54H88NO8P. The van der Waals surface area contributed by atoms with Crippen LogP contribution in [0.15, 0.2) is 122 Å². The van der Waals surface area contributed by atoms with E-state index in [1.54, 1.807) is 0 Å². The van der Waals surface area contributed by atoms with Gasteiger partial charge in [0.05, 0.1) is 27.7 Å². The maximum atomic E-state index is 12.7. The number of phosphoric acid groups is 1. The third-order valence-electron chi connectivity index (χ3n) is 9.48. The van der Waals surface area contributed by atoms with Gasteiger partial charge in [0.25, 0.3) is 7.82 Å². The zero-order valence-corrected chi connectivity index (χ0v) is 41.6. The van der Waals surface area contributed by atoms with Crippen LogP contribution in [0.2, 0.25) is 0 Å². The van der Waals surface area contributed by atoms with E-state index in [-0.39, 0.29) is 26.1 Å². The number of unbranched alkanes of at least 4 members (excludes halogenated alkanes) is 8. The molecule has 0 N–H and O–H groups in total. The molecule has 0 aromatic carbocycles. The fourth-order valence-corrected chi connectivity index (χ4v) is 6.49. The van der Waals surface area contributed by atoms with Crippen molar-refractivity contribution in [2.24, 2.45) is 0 Å². The Kier molecular flexibility index (Phi) is 42.1. The molecule has 0 rings (SSSR count). The number of phosphoric ester groups is 1. The number of hydrogen-bond donors (Lipinski definition) is 0. The minimum atomic E-state index is -4.65. The van der Waals surface area contributed by atoms with Crippen LogP contribution in [0.1, 0.15) is 155 Å². The summed E-state index contributed by atoms with van der Waals surface area (Å²) in [6.07, 6.45) is 62.2. The highest BCUT2D eigenvalue weighted by atomic mass is 31.2. The standard InChI is InChI=1S/C54H88NO8P/c1-6-8-10-12-14-16-18-20-22-24-25-26-27-28-29-31-33-35-37-39-41-43-45-47-54(57)63-52(51-62-64(58,59)61-49-48-55(3,4)5)50-60-53(56)46-44-42-40-38-36-34-32-30-23-21-19-17-15-13-11-9-7-2/h8-11,14-17,20-23,25-26,28-29,32-35,52H,6-7,12-13,18-19,24,27,30-31,36-51H2,1-5H3/b10-8-,11-9-,16-14-,17-15-,22-20-,23-21-,26-25-,29-28-,34-32-,35-33-. The lowest BCUT2D eigenvalue weighted by molar-refractivity contribution is -0.870. The van der Waals surface area contributed by atoms with E-state index < -0.39 is 32.5 Å². The number of likely N-dealkylation sites (N-methyl/N-ethyl adjacent to an activating group) is 1. The highest BCUT2D eigenvalue weighted by molar-refractivity contribution is 7.45. The summed E-state index contributed by atoms with van der Waals surface area (Å²) in [4.78, 5) is 37.7. The van der Waals surface area contributed by atoms with Crippen LogP contribution >= 0.6 is 7.82 Å². The van der Waals surface area contributed by atoms with Crippen molar-refractivity contribution in [2.75, 3.05) is 47.5 Å². The highest BCUT2D eigenvalue weighted by Crippen LogP contribution is 2.38. The highest BCUT2D eigenvalue weighted by Gasteiger charge is 2.21. The first-order valence-electron chi connectivity index (χ1n) is 24.2. The summed E-state index contributed by atoms with van der Waals surface area (Å²) in [6.45, 7) is 3.91. The number of quaternary nitrogens is 1. The topological polar surface area (TPSA) is 111 Å². The number of nitrogens with zero attached hydrogens (tertiary/aromatic N) is 1. The van der Waals surface area contributed by atoms with E-state index in [2.05, 4.69) is 135 Å². The molecule has 0 aromatic heterocycles. The summed E-state index contributed by atoms with van der Waals surface area (Å²) in [7, 11) is 1.11. The molecule has 64 heavy (non-hydrogen) atoms. The van der Waals surface area contributed by atoms with Crippen molar-refractivity contribution in [3.05, 3.63) is 122 Å². The fraction of sp³-hybridized carbons (Fsp3) is 0.593. The lowest BCUT2D eigenvalue weighted by atomic mass is 10.1. The average Bonchev–Trinajstić information content (AvgIpc) is 3.25. The van der Waals surface area contributed by atoms with Crippen LogP contribution < -0.4 is 4.89 Å². The molecular weight excluding hydrogens is 822 g/mol. The number of rotatable bonds is 42. The van der Waals surface area contributed by atoms with E-state index >= 15 is 0 Å². The monoisotopic (exact) mass is 910 g/mol. The van der Waals surface area contributed by atoms with Crippen LogP contribution in [0.5, 0.6) is 0 Å². The molecule has 0 aromatic rings. The van der Waals surface area contributed by atoms with E-state index in [4.69, 9.17) is 18.5 Å². The molecule has 0 heterocycles. The molecule has 0 aliphatic heterocycles. The maximum absolute atomic E-state index is 12.7. The summed E-state index contributed by atoms with van der Waals surface area (Å²) in [5, 5.41) is 0. The third-order valence-corrected chi connectivity index (χ3v) is 10.4. The van der Waals surface area contributed by atoms with Gasteiger partial charge in [-0.15, -0.1) is 0 Å². The van der Waals surface area contributed by atoms with E-state index in [0.717, 1.165) is 116 Å². The molecule has 0 aliphatic rings. The number of carbonyl (C=O) groups excluding carboxylic acids is 2. The molecule has 10 heteroatoms. The molecule has 2 unspecified atom stereocenters. The van der Waals surface area contributed by atoms with Crippen molar-refractivity contribution in [2.45, 2.75) is 161 Å². The van der Waals surface area contributed by atoms with Crippen molar-refractivity contribution in [1.82, 2.24) is 0 Å². The second-order valence-electron chi connectivity index (χ2n) is 16.7. The van der Waals surface area contributed by atoms with Crippen molar-refractivity contribution < 1.29 is 42.1 Å². The summed E-state index contributed by atoms with van der Waals surface area (Å²) < 4.78 is 33.9. The van der Waals surface area contributed by atoms with Crippen molar-refractivity contribution in [1.29, 1.82) is 0 Å². The predicted molar refractivity (Wildman–Crippen MR) is 268 cm³/mol. The van der Waals surface area contributed by atoms with Crippen molar-refractivity contribution >= 4 is 19.8 Å².